The summed E-state index contributed by atoms with van der Waals surface area (Å²) >= 11 is 0. The molecule has 2 rings (SSSR count). The summed E-state index contributed by atoms with van der Waals surface area (Å²) < 4.78 is 2.01. The van der Waals surface area contributed by atoms with Gasteiger partial charge < -0.3 is 4.40 Å². The zero-order valence-corrected chi connectivity index (χ0v) is 8.49. The van der Waals surface area contributed by atoms with Crippen LogP contribution in [0.5, 0.6) is 0 Å². The first-order chi connectivity index (χ1) is 6.40. The predicted molar refractivity (Wildman–Crippen MR) is 55.9 cm³/mol. The van der Waals surface area contributed by atoms with Gasteiger partial charge in [-0.15, -0.1) is 0 Å². The maximum Gasteiger partial charge on any atom is 0.136 e. The van der Waals surface area contributed by atoms with Crippen molar-refractivity contribution in [1.29, 1.82) is 0 Å². The van der Waals surface area contributed by atoms with Gasteiger partial charge in [0.05, 0.1) is 0 Å². The Kier molecular flexibility index (Phi) is 3.50. The molecule has 0 aliphatic carbocycles. The Hall–Kier alpha value is -1.31. The summed E-state index contributed by atoms with van der Waals surface area (Å²) in [5.41, 5.74) is 2.18. The van der Waals surface area contributed by atoms with Gasteiger partial charge in [0, 0.05) is 18.1 Å². The smallest absolute Gasteiger partial charge is 0.136 e. The zero-order valence-electron chi connectivity index (χ0n) is 8.49. The molecule has 0 radical (unpaired) electrons. The fraction of sp³-hybridized carbons (Fsp3) is 0.364. The minimum atomic E-state index is 1.00. The second kappa shape index (κ2) is 4.65. The molecule has 0 atom stereocenters. The van der Waals surface area contributed by atoms with Gasteiger partial charge in [-0.25, -0.2) is 4.98 Å². The van der Waals surface area contributed by atoms with Crippen molar-refractivity contribution >= 4 is 5.65 Å². The third-order valence-corrected chi connectivity index (χ3v) is 1.80. The largest absolute Gasteiger partial charge is 0.309 e. The lowest BCUT2D eigenvalue weighted by Crippen LogP contribution is -1.90. The zero-order chi connectivity index (χ0) is 9.68. The van der Waals surface area contributed by atoms with E-state index >= 15 is 0 Å². The molecule has 0 fully saturated rings. The molecule has 0 aliphatic rings. The lowest BCUT2D eigenvalue weighted by molar-refractivity contribution is 1.01. The van der Waals surface area contributed by atoms with Gasteiger partial charge in [-0.2, -0.15) is 0 Å². The number of hydrogen-bond acceptors (Lipinski definition) is 1. The summed E-state index contributed by atoms with van der Waals surface area (Å²) in [6, 6.07) is 6.06. The average molecular weight is 176 g/mol. The number of nitrogens with zero attached hydrogens (tertiary/aromatic N) is 2. The lowest BCUT2D eigenvalue weighted by atomic mass is 10.3. The summed E-state index contributed by atoms with van der Waals surface area (Å²) in [6.07, 6.45) is 5.05. The summed E-state index contributed by atoms with van der Waals surface area (Å²) in [5.74, 6) is 0. The highest BCUT2D eigenvalue weighted by Gasteiger charge is 1.93. The van der Waals surface area contributed by atoms with Gasteiger partial charge in [-0.05, 0) is 24.6 Å². The van der Waals surface area contributed by atoms with Crippen LogP contribution in [-0.2, 0) is 6.42 Å². The molecule has 70 valence electrons. The molecule has 0 spiro atoms. The van der Waals surface area contributed by atoms with Gasteiger partial charge in [-0.1, -0.05) is 20.8 Å². The summed E-state index contributed by atoms with van der Waals surface area (Å²) in [5, 5.41) is 0. The van der Waals surface area contributed by atoms with Crippen molar-refractivity contribution in [3.05, 3.63) is 36.3 Å². The molecule has 2 aromatic heterocycles. The predicted octanol–water partition coefficient (Wildman–Crippen LogP) is 2.92. The Morgan fingerprint density at radius 1 is 1.23 bits per heavy atom. The van der Waals surface area contributed by atoms with Crippen LogP contribution in [0.3, 0.4) is 0 Å². The van der Waals surface area contributed by atoms with Crippen LogP contribution in [0.2, 0.25) is 0 Å². The minimum Gasteiger partial charge on any atom is -0.309 e. The van der Waals surface area contributed by atoms with Gasteiger partial charge in [0.1, 0.15) is 5.65 Å². The van der Waals surface area contributed by atoms with Crippen LogP contribution in [0.1, 0.15) is 26.5 Å². The summed E-state index contributed by atoms with van der Waals surface area (Å²) in [6.45, 7) is 6.11. The molecule has 13 heavy (non-hydrogen) atoms. The van der Waals surface area contributed by atoms with Crippen LogP contribution in [0.25, 0.3) is 5.65 Å². The van der Waals surface area contributed by atoms with Crippen molar-refractivity contribution in [2.24, 2.45) is 0 Å². The standard InChI is InChI=1S/C9H10N2.C2H6/c1-2-8-5-7-11-6-3-4-9(11)10-8;1-2/h3-7H,2H2,1H3;1-2H3. The molecule has 0 saturated carbocycles. The molecule has 0 aliphatic heterocycles. The monoisotopic (exact) mass is 176 g/mol. The van der Waals surface area contributed by atoms with Gasteiger partial charge in [0.2, 0.25) is 0 Å². The third kappa shape index (κ3) is 2.08. The van der Waals surface area contributed by atoms with Gasteiger partial charge >= 0.3 is 0 Å². The molecule has 2 nitrogen and oxygen atoms in total. The van der Waals surface area contributed by atoms with Gasteiger partial charge in [0.25, 0.3) is 0 Å². The van der Waals surface area contributed by atoms with E-state index in [0.29, 0.717) is 0 Å². The Morgan fingerprint density at radius 3 is 2.69 bits per heavy atom. The van der Waals surface area contributed by atoms with Gasteiger partial charge in [0.15, 0.2) is 0 Å². The molecule has 0 bridgehead atoms. The van der Waals surface area contributed by atoms with E-state index < -0.39 is 0 Å². The molecule has 0 aromatic carbocycles. The average Bonchev–Trinajstić information content (AvgIpc) is 2.67. The van der Waals surface area contributed by atoms with E-state index in [1.165, 1.54) is 0 Å². The summed E-state index contributed by atoms with van der Waals surface area (Å²) in [7, 11) is 0. The first kappa shape index (κ1) is 9.78. The van der Waals surface area contributed by atoms with Crippen molar-refractivity contribution in [3.8, 4) is 0 Å². The number of hydrogen-bond donors (Lipinski definition) is 0. The molecule has 0 saturated heterocycles. The Balaban J connectivity index is 0.000000396. The highest BCUT2D eigenvalue weighted by atomic mass is 15.0. The van der Waals surface area contributed by atoms with E-state index in [4.69, 9.17) is 0 Å². The highest BCUT2D eigenvalue weighted by molar-refractivity contribution is 5.39. The van der Waals surface area contributed by atoms with Crippen molar-refractivity contribution in [3.63, 3.8) is 0 Å². The third-order valence-electron chi connectivity index (χ3n) is 1.80. The van der Waals surface area contributed by atoms with Crippen LogP contribution in [0.4, 0.5) is 0 Å². The second-order valence-corrected chi connectivity index (χ2v) is 2.55. The molecule has 0 unspecified atom stereocenters. The first-order valence-electron chi connectivity index (χ1n) is 4.83. The SMILES string of the molecule is CC.CCc1ccn2cccc2n1. The van der Waals surface area contributed by atoms with E-state index in [-0.39, 0.29) is 0 Å². The Labute approximate surface area is 79.2 Å². The number of rotatable bonds is 1. The number of fused-ring (bicyclic) bond motifs is 1. The van der Waals surface area contributed by atoms with E-state index in [1.807, 2.05) is 48.8 Å². The second-order valence-electron chi connectivity index (χ2n) is 2.55. The lowest BCUT2D eigenvalue weighted by Gasteiger charge is -1.96. The molecule has 0 amide bonds. The first-order valence-corrected chi connectivity index (χ1v) is 4.83. The maximum atomic E-state index is 4.42. The molecule has 2 heteroatoms. The van der Waals surface area contributed by atoms with Crippen LogP contribution in [0, 0.1) is 0 Å². The van der Waals surface area contributed by atoms with Gasteiger partial charge in [-0.3, -0.25) is 0 Å². The highest BCUT2D eigenvalue weighted by Crippen LogP contribution is 2.02. The fourth-order valence-electron chi connectivity index (χ4n) is 1.15. The Morgan fingerprint density at radius 2 is 2.00 bits per heavy atom. The number of aromatic nitrogens is 2. The molecule has 2 aromatic rings. The van der Waals surface area contributed by atoms with Crippen molar-refractivity contribution in [2.75, 3.05) is 0 Å². The van der Waals surface area contributed by atoms with Crippen molar-refractivity contribution in [1.82, 2.24) is 9.38 Å². The van der Waals surface area contributed by atoms with Crippen LogP contribution < -0.4 is 0 Å². The van der Waals surface area contributed by atoms with E-state index in [2.05, 4.69) is 11.9 Å². The quantitative estimate of drug-likeness (QED) is 0.653. The summed E-state index contributed by atoms with van der Waals surface area (Å²) in [4.78, 5) is 4.42. The molecule has 2 heterocycles. The maximum absolute atomic E-state index is 4.42. The molecular formula is C11H16N2. The van der Waals surface area contributed by atoms with E-state index in [1.54, 1.807) is 0 Å². The van der Waals surface area contributed by atoms with Crippen molar-refractivity contribution in [2.45, 2.75) is 27.2 Å². The number of aryl methyl sites for hydroxylation is 1. The van der Waals surface area contributed by atoms with Crippen LogP contribution in [0.15, 0.2) is 30.6 Å². The molecule has 0 N–H and O–H groups in total. The van der Waals surface area contributed by atoms with E-state index in [0.717, 1.165) is 17.8 Å². The Bertz CT molecular complexity index is 363. The van der Waals surface area contributed by atoms with E-state index in [9.17, 15) is 0 Å². The van der Waals surface area contributed by atoms with Crippen LogP contribution >= 0.6 is 0 Å². The normalized spacial score (nSPS) is 9.46. The minimum absolute atomic E-state index is 1.00. The topological polar surface area (TPSA) is 17.3 Å². The fourth-order valence-corrected chi connectivity index (χ4v) is 1.15. The molecular weight excluding hydrogens is 160 g/mol. The van der Waals surface area contributed by atoms with Crippen molar-refractivity contribution < 1.29 is 0 Å². The van der Waals surface area contributed by atoms with Crippen LogP contribution in [-0.4, -0.2) is 9.38 Å².